The summed E-state index contributed by atoms with van der Waals surface area (Å²) in [5.74, 6) is -0.582. The van der Waals surface area contributed by atoms with E-state index in [0.717, 1.165) is 19.4 Å². The molecule has 0 aromatic carbocycles. The summed E-state index contributed by atoms with van der Waals surface area (Å²) in [5.41, 5.74) is -0.752. The molecule has 3 rings (SSSR count). The first-order chi connectivity index (χ1) is 10.5. The molecule has 0 bridgehead atoms. The third kappa shape index (κ3) is 2.77. The van der Waals surface area contributed by atoms with Gasteiger partial charge in [0.25, 0.3) is 0 Å². The maximum Gasteiger partial charge on any atom is 0.313 e. The van der Waals surface area contributed by atoms with Gasteiger partial charge < -0.3 is 14.9 Å². The number of aryl methyl sites for hydroxylation is 1. The molecular formula is C16H22N2O3S. The minimum Gasteiger partial charge on any atom is -0.481 e. The number of carboxylic acids is 1. The molecule has 1 amide bonds. The molecule has 2 aliphatic rings. The van der Waals surface area contributed by atoms with Crippen LogP contribution in [-0.4, -0.2) is 60.0 Å². The molecular weight excluding hydrogens is 300 g/mol. The van der Waals surface area contributed by atoms with Gasteiger partial charge in [0.2, 0.25) is 5.91 Å². The zero-order valence-corrected chi connectivity index (χ0v) is 13.6. The standard InChI is InChI=1S/C16H22N2O3S/c1-17-8-12-9-18(11-16(12,10-17)15(20)21)14(19)6-2-4-13-5-3-7-22-13/h3,5,7,12H,2,4,6,8-11H2,1H3,(H,20,21)/t12-,16-/m0/s1. The Morgan fingerprint density at radius 3 is 2.86 bits per heavy atom. The van der Waals surface area contributed by atoms with Crippen LogP contribution in [-0.2, 0) is 16.0 Å². The van der Waals surface area contributed by atoms with Crippen LogP contribution in [0.3, 0.4) is 0 Å². The molecule has 3 heterocycles. The van der Waals surface area contributed by atoms with Crippen LogP contribution in [0.15, 0.2) is 17.5 Å². The number of hydrogen-bond acceptors (Lipinski definition) is 4. The van der Waals surface area contributed by atoms with Crippen molar-refractivity contribution in [1.29, 1.82) is 0 Å². The number of nitrogens with zero attached hydrogens (tertiary/aromatic N) is 2. The average Bonchev–Trinajstić information content (AvgIpc) is 3.12. The van der Waals surface area contributed by atoms with Gasteiger partial charge >= 0.3 is 5.97 Å². The summed E-state index contributed by atoms with van der Waals surface area (Å²) in [6.45, 7) is 2.28. The predicted molar refractivity (Wildman–Crippen MR) is 84.9 cm³/mol. The first-order valence-corrected chi connectivity index (χ1v) is 8.61. The van der Waals surface area contributed by atoms with Gasteiger partial charge in [0.05, 0.1) is 0 Å². The normalized spacial score (nSPS) is 28.0. The average molecular weight is 322 g/mol. The number of carbonyl (C=O) groups excluding carboxylic acids is 1. The highest BCUT2D eigenvalue weighted by Gasteiger charge is 2.57. The molecule has 2 saturated heterocycles. The molecule has 5 nitrogen and oxygen atoms in total. The second-order valence-corrected chi connectivity index (χ2v) is 7.59. The second-order valence-electron chi connectivity index (χ2n) is 6.56. The smallest absolute Gasteiger partial charge is 0.313 e. The van der Waals surface area contributed by atoms with Gasteiger partial charge in [-0.3, -0.25) is 9.59 Å². The van der Waals surface area contributed by atoms with E-state index in [2.05, 4.69) is 11.0 Å². The number of aliphatic carboxylic acids is 1. The molecule has 0 radical (unpaired) electrons. The number of amides is 1. The van der Waals surface area contributed by atoms with Gasteiger partial charge in [0, 0.05) is 43.4 Å². The van der Waals surface area contributed by atoms with Crippen LogP contribution in [0.1, 0.15) is 17.7 Å². The van der Waals surface area contributed by atoms with Crippen molar-refractivity contribution in [1.82, 2.24) is 9.80 Å². The van der Waals surface area contributed by atoms with E-state index in [1.165, 1.54) is 4.88 Å². The molecule has 6 heteroatoms. The Hall–Kier alpha value is -1.40. The lowest BCUT2D eigenvalue weighted by Gasteiger charge is -2.24. The van der Waals surface area contributed by atoms with Crippen LogP contribution < -0.4 is 0 Å². The fourth-order valence-corrected chi connectivity index (χ4v) is 4.59. The third-order valence-corrected chi connectivity index (χ3v) is 5.89. The summed E-state index contributed by atoms with van der Waals surface area (Å²) in [4.78, 5) is 29.2. The predicted octanol–water partition coefficient (Wildman–Crippen LogP) is 1.55. The molecule has 22 heavy (non-hydrogen) atoms. The molecule has 0 aliphatic carbocycles. The number of rotatable bonds is 5. The fourth-order valence-electron chi connectivity index (χ4n) is 3.84. The monoisotopic (exact) mass is 322 g/mol. The number of hydrogen-bond donors (Lipinski definition) is 1. The maximum absolute atomic E-state index is 12.4. The van der Waals surface area contributed by atoms with Crippen LogP contribution >= 0.6 is 11.3 Å². The van der Waals surface area contributed by atoms with E-state index in [4.69, 9.17) is 0 Å². The van der Waals surface area contributed by atoms with E-state index < -0.39 is 11.4 Å². The summed E-state index contributed by atoms with van der Waals surface area (Å²) in [6.07, 6.45) is 2.27. The number of fused-ring (bicyclic) bond motifs is 1. The van der Waals surface area contributed by atoms with Crippen LogP contribution in [0.5, 0.6) is 0 Å². The van der Waals surface area contributed by atoms with Gasteiger partial charge in [-0.1, -0.05) is 6.07 Å². The molecule has 1 N–H and O–H groups in total. The topological polar surface area (TPSA) is 60.9 Å². The van der Waals surface area contributed by atoms with E-state index in [1.54, 1.807) is 16.2 Å². The lowest BCUT2D eigenvalue weighted by Crippen LogP contribution is -2.41. The van der Waals surface area contributed by atoms with E-state index in [1.807, 2.05) is 18.5 Å². The first kappa shape index (κ1) is 15.5. The molecule has 1 aromatic heterocycles. The molecule has 2 atom stereocenters. The Morgan fingerprint density at radius 1 is 1.41 bits per heavy atom. The van der Waals surface area contributed by atoms with Crippen LogP contribution in [0.4, 0.5) is 0 Å². The van der Waals surface area contributed by atoms with Crippen molar-refractivity contribution < 1.29 is 14.7 Å². The summed E-state index contributed by atoms with van der Waals surface area (Å²) >= 11 is 1.72. The highest BCUT2D eigenvalue weighted by atomic mass is 32.1. The SMILES string of the molecule is CN1C[C@H]2CN(C(=O)CCCc3cccs3)C[C@@]2(C(=O)O)C1. The van der Waals surface area contributed by atoms with Gasteiger partial charge in [-0.15, -0.1) is 11.3 Å². The fraction of sp³-hybridized carbons (Fsp3) is 0.625. The third-order valence-electron chi connectivity index (χ3n) is 4.95. The molecule has 120 valence electrons. The minimum absolute atomic E-state index is 0.0660. The molecule has 0 unspecified atom stereocenters. The van der Waals surface area contributed by atoms with Crippen molar-refractivity contribution in [3.8, 4) is 0 Å². The van der Waals surface area contributed by atoms with Crippen LogP contribution in [0, 0.1) is 11.3 Å². The second kappa shape index (κ2) is 6.01. The van der Waals surface area contributed by atoms with E-state index in [9.17, 15) is 14.7 Å². The van der Waals surface area contributed by atoms with Crippen LogP contribution in [0.25, 0.3) is 0 Å². The van der Waals surface area contributed by atoms with E-state index in [-0.39, 0.29) is 11.8 Å². The summed E-state index contributed by atoms with van der Waals surface area (Å²) in [5, 5.41) is 11.7. The number of thiophene rings is 1. The zero-order valence-electron chi connectivity index (χ0n) is 12.8. The first-order valence-electron chi connectivity index (χ1n) is 7.73. The van der Waals surface area contributed by atoms with Crippen molar-refractivity contribution in [2.24, 2.45) is 11.3 Å². The molecule has 0 saturated carbocycles. The highest BCUT2D eigenvalue weighted by Crippen LogP contribution is 2.42. The van der Waals surface area contributed by atoms with Gasteiger partial charge in [-0.25, -0.2) is 0 Å². The summed E-state index contributed by atoms with van der Waals surface area (Å²) < 4.78 is 0. The zero-order chi connectivity index (χ0) is 15.7. The Balaban J connectivity index is 1.55. The van der Waals surface area contributed by atoms with Crippen LogP contribution in [0.2, 0.25) is 0 Å². The van der Waals surface area contributed by atoms with E-state index in [0.29, 0.717) is 26.1 Å². The lowest BCUT2D eigenvalue weighted by molar-refractivity contribution is -0.149. The maximum atomic E-state index is 12.4. The van der Waals surface area contributed by atoms with Crippen molar-refractivity contribution >= 4 is 23.2 Å². The Bertz CT molecular complexity index is 560. The van der Waals surface area contributed by atoms with Gasteiger partial charge in [-0.2, -0.15) is 0 Å². The Kier molecular flexibility index (Phi) is 4.23. The molecule has 0 spiro atoms. The molecule has 1 aromatic rings. The minimum atomic E-state index is -0.754. The largest absolute Gasteiger partial charge is 0.481 e. The number of carbonyl (C=O) groups is 2. The van der Waals surface area contributed by atoms with Crippen molar-refractivity contribution in [2.75, 3.05) is 33.2 Å². The summed E-state index contributed by atoms with van der Waals surface area (Å²) in [7, 11) is 1.95. The Labute approximate surface area is 134 Å². The Morgan fingerprint density at radius 2 is 2.23 bits per heavy atom. The highest BCUT2D eigenvalue weighted by molar-refractivity contribution is 7.09. The quantitative estimate of drug-likeness (QED) is 0.893. The van der Waals surface area contributed by atoms with Crippen molar-refractivity contribution in [3.63, 3.8) is 0 Å². The van der Waals surface area contributed by atoms with E-state index >= 15 is 0 Å². The number of carboxylic acid groups (broad SMARTS) is 1. The van der Waals surface area contributed by atoms with Crippen molar-refractivity contribution in [2.45, 2.75) is 19.3 Å². The van der Waals surface area contributed by atoms with Gasteiger partial charge in [-0.05, 0) is 31.3 Å². The summed E-state index contributed by atoms with van der Waals surface area (Å²) in [6, 6.07) is 4.11. The molecule has 2 aliphatic heterocycles. The number of likely N-dealkylation sites (tertiary alicyclic amines) is 2. The van der Waals surface area contributed by atoms with Crippen molar-refractivity contribution in [3.05, 3.63) is 22.4 Å². The van der Waals surface area contributed by atoms with Gasteiger partial charge in [0.1, 0.15) is 5.41 Å². The van der Waals surface area contributed by atoms with Gasteiger partial charge in [0.15, 0.2) is 0 Å². The molecule has 2 fully saturated rings. The lowest BCUT2D eigenvalue weighted by atomic mass is 9.81.